The summed E-state index contributed by atoms with van der Waals surface area (Å²) in [6.45, 7) is 28.4. The molecule has 0 amide bonds. The van der Waals surface area contributed by atoms with Gasteiger partial charge in [0.1, 0.15) is 6.10 Å². The maximum absolute atomic E-state index is 14.5. The molecular weight excluding hydrogens is 797 g/mol. The van der Waals surface area contributed by atoms with Crippen molar-refractivity contribution in [1.29, 1.82) is 0 Å². The normalized spacial score (nSPS) is 29.5. The molecule has 3 heterocycles. The topological polar surface area (TPSA) is 128 Å². The molecule has 3 fully saturated rings. The fourth-order valence-electron chi connectivity index (χ4n) is 10.1. The molecule has 0 bridgehead atoms. The summed E-state index contributed by atoms with van der Waals surface area (Å²) in [6, 6.07) is 6.05. The van der Waals surface area contributed by atoms with Crippen LogP contribution < -0.4 is 0 Å². The third-order valence-electron chi connectivity index (χ3n) is 14.5. The van der Waals surface area contributed by atoms with Gasteiger partial charge in [-0.1, -0.05) is 68.7 Å². The second kappa shape index (κ2) is 25.1. The first-order valence-corrected chi connectivity index (χ1v) is 29.4. The molecule has 0 radical (unpaired) electrons. The average molecular weight is 887 g/mol. The molecule has 3 rings (SSSR count). The van der Waals surface area contributed by atoms with E-state index in [2.05, 4.69) is 76.2 Å². The van der Waals surface area contributed by atoms with Gasteiger partial charge in [0, 0.05) is 26.4 Å². The van der Waals surface area contributed by atoms with E-state index in [0.29, 0.717) is 38.5 Å². The Labute approximate surface area is 368 Å². The Morgan fingerprint density at radius 2 is 1.35 bits per heavy atom. The van der Waals surface area contributed by atoms with Crippen molar-refractivity contribution in [3.05, 3.63) is 0 Å². The minimum atomic E-state index is -2.22. The number of methoxy groups -OCH3 is 1. The lowest BCUT2D eigenvalue weighted by atomic mass is 9.82. The molecule has 3 saturated heterocycles. The first kappa shape index (κ1) is 53.6. The quantitative estimate of drug-likeness (QED) is 0.0792. The monoisotopic (exact) mass is 887 g/mol. The highest BCUT2D eigenvalue weighted by molar-refractivity contribution is 6.74. The average Bonchev–Trinajstić information content (AvgIpc) is 3.21. The van der Waals surface area contributed by atoms with E-state index in [1.165, 1.54) is 0 Å². The third-order valence-corrected chi connectivity index (χ3v) is 23.7. The number of hydrogen-bond acceptors (Lipinski definition) is 10. The van der Waals surface area contributed by atoms with Crippen molar-refractivity contribution in [3.8, 4) is 0 Å². The van der Waals surface area contributed by atoms with Crippen molar-refractivity contribution < 1.29 is 52.0 Å². The number of carboxylic acid groups (broad SMARTS) is 1. The van der Waals surface area contributed by atoms with Gasteiger partial charge in [-0.25, -0.2) is 0 Å². The number of Topliss-reactive ketones (excluding diaryl/α,β-unsaturated/α-hetero) is 1. The summed E-state index contributed by atoms with van der Waals surface area (Å²) in [5.41, 5.74) is 0. The molecule has 1 N–H and O–H groups in total. The number of aliphatic carboxylic acids is 1. The Balaban J connectivity index is 2.01. The molecule has 3 aliphatic heterocycles. The fourth-order valence-corrected chi connectivity index (χ4v) is 15.9. The summed E-state index contributed by atoms with van der Waals surface area (Å²) in [4.78, 5) is 26.0. The number of rotatable bonds is 27. The maximum Gasteiger partial charge on any atom is 0.305 e. The second-order valence-corrected chi connectivity index (χ2v) is 28.6. The third kappa shape index (κ3) is 14.6. The van der Waals surface area contributed by atoms with Gasteiger partial charge in [0.2, 0.25) is 5.79 Å². The Morgan fingerprint density at radius 3 is 1.87 bits per heavy atom. The molecule has 0 aromatic heterocycles. The second-order valence-electron chi connectivity index (χ2n) is 19.2. The molecular formula is C47H90O11Si2. The smallest absolute Gasteiger partial charge is 0.305 e. The zero-order valence-corrected chi connectivity index (χ0v) is 42.6. The van der Waals surface area contributed by atoms with Crippen LogP contribution in [0.25, 0.3) is 0 Å². The molecule has 0 unspecified atom stereocenters. The van der Waals surface area contributed by atoms with Crippen LogP contribution in [0.5, 0.6) is 0 Å². The molecule has 3 aliphatic rings. The minimum Gasteiger partial charge on any atom is -0.481 e. The summed E-state index contributed by atoms with van der Waals surface area (Å²) in [5.74, 6) is -2.10. The van der Waals surface area contributed by atoms with Gasteiger partial charge in [0.25, 0.3) is 0 Å². The van der Waals surface area contributed by atoms with E-state index in [1.54, 1.807) is 7.11 Å². The predicted molar refractivity (Wildman–Crippen MR) is 244 cm³/mol. The van der Waals surface area contributed by atoms with Crippen molar-refractivity contribution >= 4 is 28.4 Å². The molecule has 0 aromatic rings. The van der Waals surface area contributed by atoms with Crippen LogP contribution in [0.3, 0.4) is 0 Å². The highest BCUT2D eigenvalue weighted by Crippen LogP contribution is 2.45. The molecule has 0 saturated carbocycles. The van der Waals surface area contributed by atoms with Gasteiger partial charge in [0.15, 0.2) is 22.4 Å². The Hall–Kier alpha value is -0.746. The van der Waals surface area contributed by atoms with Crippen LogP contribution >= 0.6 is 0 Å². The van der Waals surface area contributed by atoms with Gasteiger partial charge in [-0.3, -0.25) is 9.59 Å². The van der Waals surface area contributed by atoms with Crippen molar-refractivity contribution in [2.24, 2.45) is 11.8 Å². The summed E-state index contributed by atoms with van der Waals surface area (Å²) in [5, 5.41) is 9.43. The lowest BCUT2D eigenvalue weighted by molar-refractivity contribution is -0.328. The maximum atomic E-state index is 14.5. The van der Waals surface area contributed by atoms with Crippen LogP contribution in [0.15, 0.2) is 0 Å². The number of hydrogen-bond donors (Lipinski definition) is 1. The summed E-state index contributed by atoms with van der Waals surface area (Å²) < 4.78 is 55.3. The Kier molecular flexibility index (Phi) is 22.4. The first-order valence-electron chi connectivity index (χ1n) is 24.4. The van der Waals surface area contributed by atoms with Crippen LogP contribution in [-0.2, 0) is 46.9 Å². The number of carbonyl (C=O) groups is 2. The molecule has 60 heavy (non-hydrogen) atoms. The first-order chi connectivity index (χ1) is 28.4. The van der Waals surface area contributed by atoms with Crippen LogP contribution in [-0.4, -0.2) is 114 Å². The number of ketones is 1. The van der Waals surface area contributed by atoms with E-state index in [0.717, 1.165) is 61.9 Å². The fraction of sp³-hybridized carbons (Fsp3) is 0.957. The number of carboxylic acids is 1. The predicted octanol–water partition coefficient (Wildman–Crippen LogP) is 10.9. The standard InChI is InChI=1S/C47H90O11Si2/c1-15-34(12)44(57-59(16-2,17-3)18-4)46(58-60(19-5,20-6)21-7)45-40(51-14)25-26-47(56-45)42(48)27-35(13)41(55-47)30-39(53-33(10)11)29-38(52-32(8)9)28-36-23-22-24-37(54-36)31-43(49)50/h32-41,44-46H,15-31H2,1-14H3,(H,49,50)/t34-,35-,36+,37-,38-,39-,40-,41+,44-,45-,46-,47+/m1/s1. The zero-order chi connectivity index (χ0) is 44.8. The van der Waals surface area contributed by atoms with Crippen LogP contribution in [0, 0.1) is 11.8 Å². The van der Waals surface area contributed by atoms with Crippen LogP contribution in [0.1, 0.15) is 161 Å². The van der Waals surface area contributed by atoms with Crippen LogP contribution in [0.2, 0.25) is 36.3 Å². The molecule has 0 aromatic carbocycles. The van der Waals surface area contributed by atoms with Crippen molar-refractivity contribution in [2.75, 3.05) is 7.11 Å². The number of ether oxygens (including phenoxy) is 6. The highest BCUT2D eigenvalue weighted by atomic mass is 28.4. The van der Waals surface area contributed by atoms with Gasteiger partial charge in [-0.05, 0) is 114 Å². The van der Waals surface area contributed by atoms with E-state index in [1.807, 2.05) is 13.8 Å². The van der Waals surface area contributed by atoms with Crippen molar-refractivity contribution in [1.82, 2.24) is 0 Å². The number of carbonyl (C=O) groups excluding carboxylic acids is 1. The Morgan fingerprint density at radius 1 is 0.800 bits per heavy atom. The van der Waals surface area contributed by atoms with Gasteiger partial charge in [-0.2, -0.15) is 0 Å². The summed E-state index contributed by atoms with van der Waals surface area (Å²) in [6.07, 6.45) is 4.24. The Bertz CT molecular complexity index is 1250. The lowest BCUT2D eigenvalue weighted by Crippen LogP contribution is -2.65. The van der Waals surface area contributed by atoms with E-state index < -0.39 is 40.6 Å². The molecule has 352 valence electrons. The summed E-state index contributed by atoms with van der Waals surface area (Å²) >= 11 is 0. The molecule has 13 heteroatoms. The SMILES string of the molecule is CC[C@@H](C)[C@@H](O[Si](CC)(CC)CC)[C@@H](O[Si](CC)(CC)CC)[C@@H]1O[C@]2(CC[C@H]1OC)O[C@@H](C[C@@H](C[C@@H](C[C@@H]1CCC[C@H](CC(=O)O)O1)OC(C)C)OC(C)C)[C@H](C)CC2=O. The van der Waals surface area contributed by atoms with Crippen molar-refractivity contribution in [2.45, 2.75) is 270 Å². The van der Waals surface area contributed by atoms with E-state index in [-0.39, 0.29) is 79.0 Å². The van der Waals surface area contributed by atoms with Gasteiger partial charge in [0.05, 0.1) is 67.5 Å². The van der Waals surface area contributed by atoms with Gasteiger partial charge >= 0.3 is 5.97 Å². The van der Waals surface area contributed by atoms with E-state index in [9.17, 15) is 14.7 Å². The lowest BCUT2D eigenvalue weighted by Gasteiger charge is -2.53. The molecule has 0 aliphatic carbocycles. The minimum absolute atomic E-state index is 0.00622. The zero-order valence-electron chi connectivity index (χ0n) is 40.6. The van der Waals surface area contributed by atoms with E-state index >= 15 is 0 Å². The molecule has 11 nitrogen and oxygen atoms in total. The largest absolute Gasteiger partial charge is 0.481 e. The highest BCUT2D eigenvalue weighted by Gasteiger charge is 2.57. The summed E-state index contributed by atoms with van der Waals surface area (Å²) in [7, 11) is -2.56. The van der Waals surface area contributed by atoms with Crippen LogP contribution in [0.4, 0.5) is 0 Å². The van der Waals surface area contributed by atoms with Gasteiger partial charge < -0.3 is 42.4 Å². The molecule has 12 atom stereocenters. The van der Waals surface area contributed by atoms with Crippen molar-refractivity contribution in [3.63, 3.8) is 0 Å². The van der Waals surface area contributed by atoms with Gasteiger partial charge in [-0.15, -0.1) is 0 Å². The molecule has 1 spiro atoms. The van der Waals surface area contributed by atoms with E-state index in [4.69, 9.17) is 37.3 Å².